The predicted molar refractivity (Wildman–Crippen MR) is 68.1 cm³/mol. The molecule has 0 aromatic carbocycles. The molecule has 2 heterocycles. The minimum Gasteiger partial charge on any atom is -0.390 e. The largest absolute Gasteiger partial charge is 0.397 e. The highest BCUT2D eigenvalue weighted by Crippen LogP contribution is 2.27. The molecule has 3 atom stereocenters. The maximum atomic E-state index is 11.7. The molecule has 0 spiro atoms. The molecule has 2 rings (SSSR count). The maximum Gasteiger partial charge on any atom is 0.397 e. The number of nitrogens with one attached hydrogen (secondary N) is 1. The average molecular weight is 322 g/mol. The Kier molecular flexibility index (Phi) is 4.30. The quantitative estimate of drug-likeness (QED) is 0.556. The lowest BCUT2D eigenvalue weighted by molar-refractivity contribution is -0.0415. The third kappa shape index (κ3) is 3.77. The Morgan fingerprint density at radius 3 is 2.81 bits per heavy atom. The average Bonchev–Trinajstić information content (AvgIpc) is 2.72. The Bertz CT molecular complexity index is 736. The number of nitrogens with zero attached hydrogens (tertiary/aromatic N) is 1. The van der Waals surface area contributed by atoms with Gasteiger partial charge in [0.05, 0.1) is 12.7 Å². The van der Waals surface area contributed by atoms with E-state index < -0.39 is 46.7 Å². The SMILES string of the molecule is Cc1cn([C@H]2C[C@H](O)[C@@H](COS(=O)(=O)O)O2)c(=O)[nH]c1=O. The molecule has 0 unspecified atom stereocenters. The normalized spacial score (nSPS) is 26.1. The summed E-state index contributed by atoms with van der Waals surface area (Å²) in [7, 11) is -4.64. The number of aliphatic hydroxyl groups excluding tert-OH is 1. The second-order valence-corrected chi connectivity index (χ2v) is 5.71. The standard InChI is InChI=1S/C10H14N2O8S/c1-5-3-12(10(15)11-9(5)14)8-2-6(13)7(20-8)4-19-21(16,17)18/h3,6-8,13H,2,4H2,1H3,(H,11,14,15)(H,16,17,18)/t6-,7+,8+/m0/s1. The lowest BCUT2D eigenvalue weighted by atomic mass is 10.2. The number of hydrogen-bond acceptors (Lipinski definition) is 7. The van der Waals surface area contributed by atoms with Gasteiger partial charge in [-0.1, -0.05) is 0 Å². The fourth-order valence-corrected chi connectivity index (χ4v) is 2.30. The van der Waals surface area contributed by atoms with E-state index in [1.54, 1.807) is 0 Å². The van der Waals surface area contributed by atoms with Crippen molar-refractivity contribution in [2.75, 3.05) is 6.61 Å². The molecule has 0 amide bonds. The zero-order valence-electron chi connectivity index (χ0n) is 10.9. The number of aryl methyl sites for hydroxylation is 1. The Hall–Kier alpha value is -1.53. The van der Waals surface area contributed by atoms with E-state index in [1.165, 1.54) is 13.1 Å². The molecule has 0 bridgehead atoms. The summed E-state index contributed by atoms with van der Waals surface area (Å²) in [4.78, 5) is 25.1. The summed E-state index contributed by atoms with van der Waals surface area (Å²) in [5, 5.41) is 9.76. The first-order chi connectivity index (χ1) is 9.67. The Balaban J connectivity index is 2.16. The molecule has 0 radical (unpaired) electrons. The summed E-state index contributed by atoms with van der Waals surface area (Å²) >= 11 is 0. The van der Waals surface area contributed by atoms with Gasteiger partial charge in [0, 0.05) is 18.2 Å². The number of ether oxygens (including phenoxy) is 1. The van der Waals surface area contributed by atoms with Gasteiger partial charge in [-0.15, -0.1) is 0 Å². The molecule has 1 aromatic heterocycles. The Labute approximate surface area is 118 Å². The number of aromatic nitrogens is 2. The molecule has 118 valence electrons. The van der Waals surface area contributed by atoms with Gasteiger partial charge in [0.25, 0.3) is 5.56 Å². The van der Waals surface area contributed by atoms with E-state index in [4.69, 9.17) is 9.29 Å². The zero-order chi connectivity index (χ0) is 15.8. The van der Waals surface area contributed by atoms with Crippen LogP contribution in [0.5, 0.6) is 0 Å². The van der Waals surface area contributed by atoms with Crippen LogP contribution in [0, 0.1) is 6.92 Å². The summed E-state index contributed by atoms with van der Waals surface area (Å²) in [5.74, 6) is 0. The van der Waals surface area contributed by atoms with Crippen LogP contribution in [-0.4, -0.2) is 46.4 Å². The first-order valence-electron chi connectivity index (χ1n) is 5.95. The zero-order valence-corrected chi connectivity index (χ0v) is 11.7. The van der Waals surface area contributed by atoms with Crippen molar-refractivity contribution >= 4 is 10.4 Å². The third-order valence-corrected chi connectivity index (χ3v) is 3.48. The molecule has 1 aromatic rings. The smallest absolute Gasteiger partial charge is 0.390 e. The molecule has 1 aliphatic rings. The Morgan fingerprint density at radius 2 is 2.19 bits per heavy atom. The monoisotopic (exact) mass is 322 g/mol. The molecule has 0 saturated carbocycles. The topological polar surface area (TPSA) is 148 Å². The fourth-order valence-electron chi connectivity index (χ4n) is 1.99. The molecule has 11 heteroatoms. The summed E-state index contributed by atoms with van der Waals surface area (Å²) in [6.45, 7) is 0.909. The second kappa shape index (κ2) is 5.69. The molecule has 0 aliphatic carbocycles. The second-order valence-electron chi connectivity index (χ2n) is 4.62. The van der Waals surface area contributed by atoms with E-state index in [0.29, 0.717) is 0 Å². The van der Waals surface area contributed by atoms with E-state index in [9.17, 15) is 23.1 Å². The van der Waals surface area contributed by atoms with Crippen molar-refractivity contribution in [2.45, 2.75) is 31.8 Å². The van der Waals surface area contributed by atoms with Gasteiger partial charge >= 0.3 is 16.1 Å². The minimum absolute atomic E-state index is 0.00485. The van der Waals surface area contributed by atoms with Crippen LogP contribution in [0.1, 0.15) is 18.2 Å². The highest BCUT2D eigenvalue weighted by molar-refractivity contribution is 7.80. The van der Waals surface area contributed by atoms with E-state index >= 15 is 0 Å². The highest BCUT2D eigenvalue weighted by Gasteiger charge is 2.36. The predicted octanol–water partition coefficient (Wildman–Crippen LogP) is -1.69. The number of hydrogen-bond donors (Lipinski definition) is 3. The van der Waals surface area contributed by atoms with Crippen molar-refractivity contribution in [2.24, 2.45) is 0 Å². The van der Waals surface area contributed by atoms with Gasteiger partial charge in [-0.25, -0.2) is 8.98 Å². The van der Waals surface area contributed by atoms with Crippen molar-refractivity contribution in [1.29, 1.82) is 0 Å². The lowest BCUT2D eigenvalue weighted by Crippen LogP contribution is -2.33. The number of aromatic amines is 1. The molecule has 1 saturated heterocycles. The third-order valence-electron chi connectivity index (χ3n) is 3.04. The van der Waals surface area contributed by atoms with Crippen molar-refractivity contribution in [1.82, 2.24) is 9.55 Å². The van der Waals surface area contributed by atoms with Gasteiger partial charge in [-0.3, -0.25) is 18.9 Å². The highest BCUT2D eigenvalue weighted by atomic mass is 32.3. The van der Waals surface area contributed by atoms with Crippen LogP contribution in [0.25, 0.3) is 0 Å². The van der Waals surface area contributed by atoms with Gasteiger partial charge in [-0.05, 0) is 6.92 Å². The van der Waals surface area contributed by atoms with Crippen LogP contribution in [0.2, 0.25) is 0 Å². The van der Waals surface area contributed by atoms with Crippen molar-refractivity contribution in [3.63, 3.8) is 0 Å². The van der Waals surface area contributed by atoms with Crippen LogP contribution in [0.3, 0.4) is 0 Å². The summed E-state index contributed by atoms with van der Waals surface area (Å²) in [6, 6.07) is 0. The van der Waals surface area contributed by atoms with Crippen LogP contribution in [0.15, 0.2) is 15.8 Å². The molecule has 21 heavy (non-hydrogen) atoms. The van der Waals surface area contributed by atoms with E-state index in [1.807, 2.05) is 0 Å². The van der Waals surface area contributed by atoms with Crippen LogP contribution in [-0.2, 0) is 19.3 Å². The van der Waals surface area contributed by atoms with E-state index in [2.05, 4.69) is 9.17 Å². The summed E-state index contributed by atoms with van der Waals surface area (Å²) < 4.78 is 40.0. The molecule has 3 N–H and O–H groups in total. The first-order valence-corrected chi connectivity index (χ1v) is 7.31. The van der Waals surface area contributed by atoms with Crippen molar-refractivity contribution in [3.05, 3.63) is 32.6 Å². The summed E-state index contributed by atoms with van der Waals surface area (Å²) in [6.07, 6.45) is -1.71. The lowest BCUT2D eigenvalue weighted by Gasteiger charge is -2.15. The minimum atomic E-state index is -4.64. The number of rotatable bonds is 4. The van der Waals surface area contributed by atoms with Crippen LogP contribution < -0.4 is 11.2 Å². The van der Waals surface area contributed by atoms with Crippen molar-refractivity contribution < 1.29 is 27.0 Å². The molecule has 1 fully saturated rings. The van der Waals surface area contributed by atoms with Crippen LogP contribution in [0.4, 0.5) is 0 Å². The number of H-pyrrole nitrogens is 1. The Morgan fingerprint density at radius 1 is 1.52 bits per heavy atom. The van der Waals surface area contributed by atoms with Gasteiger partial charge < -0.3 is 9.84 Å². The molecule has 10 nitrogen and oxygen atoms in total. The van der Waals surface area contributed by atoms with E-state index in [-0.39, 0.29) is 12.0 Å². The van der Waals surface area contributed by atoms with E-state index in [0.717, 1.165) is 4.57 Å². The molecule has 1 aliphatic heterocycles. The van der Waals surface area contributed by atoms with Gasteiger partial charge in [-0.2, -0.15) is 8.42 Å². The molecular formula is C10H14N2O8S. The van der Waals surface area contributed by atoms with Crippen LogP contribution >= 0.6 is 0 Å². The maximum absolute atomic E-state index is 11.7. The van der Waals surface area contributed by atoms with Gasteiger partial charge in [0.2, 0.25) is 0 Å². The first kappa shape index (κ1) is 15.9. The number of aliphatic hydroxyl groups is 1. The van der Waals surface area contributed by atoms with Crippen molar-refractivity contribution in [3.8, 4) is 0 Å². The molecular weight excluding hydrogens is 308 g/mol. The summed E-state index contributed by atoms with van der Waals surface area (Å²) in [5.41, 5.74) is -0.953. The van der Waals surface area contributed by atoms with Gasteiger partial charge in [0.15, 0.2) is 0 Å². The fraction of sp³-hybridized carbons (Fsp3) is 0.600. The van der Waals surface area contributed by atoms with Gasteiger partial charge in [0.1, 0.15) is 12.3 Å².